The average molecular weight is 279 g/mol. The summed E-state index contributed by atoms with van der Waals surface area (Å²) in [6, 6.07) is 6.65. The lowest BCUT2D eigenvalue weighted by atomic mass is 10.1. The highest BCUT2D eigenvalue weighted by Crippen LogP contribution is 2.24. The molecule has 1 atom stereocenters. The molecule has 19 heavy (non-hydrogen) atoms. The minimum atomic E-state index is -0.200. The topological polar surface area (TPSA) is 37.8 Å². The molecule has 0 aliphatic heterocycles. The lowest BCUT2D eigenvalue weighted by molar-refractivity contribution is 0.600. The summed E-state index contributed by atoms with van der Waals surface area (Å²) in [4.78, 5) is 0. The van der Waals surface area contributed by atoms with Gasteiger partial charge in [-0.1, -0.05) is 43.4 Å². The van der Waals surface area contributed by atoms with Crippen LogP contribution in [-0.2, 0) is 6.42 Å². The van der Waals surface area contributed by atoms with Crippen LogP contribution in [0, 0.1) is 11.7 Å². The van der Waals surface area contributed by atoms with Crippen LogP contribution in [0.25, 0.3) is 0 Å². The van der Waals surface area contributed by atoms with Crippen LogP contribution in [0.4, 0.5) is 9.52 Å². The number of aromatic nitrogens is 2. The van der Waals surface area contributed by atoms with Crippen molar-refractivity contribution in [1.29, 1.82) is 0 Å². The molecule has 1 heterocycles. The summed E-state index contributed by atoms with van der Waals surface area (Å²) < 4.78 is 13.6. The Kier molecular flexibility index (Phi) is 4.47. The van der Waals surface area contributed by atoms with Gasteiger partial charge in [0, 0.05) is 12.0 Å². The van der Waals surface area contributed by atoms with Gasteiger partial charge in [-0.05, 0) is 18.9 Å². The summed E-state index contributed by atoms with van der Waals surface area (Å²) in [5, 5.41) is 13.2. The second kappa shape index (κ2) is 6.10. The smallest absolute Gasteiger partial charge is 0.206 e. The van der Waals surface area contributed by atoms with Gasteiger partial charge in [-0.15, -0.1) is 10.2 Å². The normalized spacial score (nSPS) is 12.7. The third-order valence-corrected chi connectivity index (χ3v) is 3.64. The largest absolute Gasteiger partial charge is 0.353 e. The van der Waals surface area contributed by atoms with Gasteiger partial charge >= 0.3 is 0 Å². The van der Waals surface area contributed by atoms with E-state index < -0.39 is 0 Å². The molecule has 0 aliphatic rings. The molecule has 102 valence electrons. The van der Waals surface area contributed by atoms with Crippen LogP contribution >= 0.6 is 11.3 Å². The second-order valence-corrected chi connectivity index (χ2v) is 6.05. The van der Waals surface area contributed by atoms with Crippen molar-refractivity contribution in [3.8, 4) is 0 Å². The predicted octanol–water partition coefficient (Wildman–Crippen LogP) is 4.05. The highest BCUT2D eigenvalue weighted by atomic mass is 32.1. The van der Waals surface area contributed by atoms with Crippen molar-refractivity contribution >= 4 is 16.5 Å². The van der Waals surface area contributed by atoms with Crippen LogP contribution in [0.2, 0.25) is 0 Å². The average Bonchev–Trinajstić information content (AvgIpc) is 2.76. The van der Waals surface area contributed by atoms with Gasteiger partial charge in [0.25, 0.3) is 0 Å². The molecule has 0 saturated carbocycles. The molecule has 1 aromatic heterocycles. The molecule has 0 aliphatic carbocycles. The monoisotopic (exact) mass is 279 g/mol. The van der Waals surface area contributed by atoms with E-state index >= 15 is 0 Å². The van der Waals surface area contributed by atoms with Crippen molar-refractivity contribution in [1.82, 2.24) is 10.2 Å². The molecule has 5 heteroatoms. The van der Waals surface area contributed by atoms with Gasteiger partial charge in [-0.25, -0.2) is 4.39 Å². The molecule has 1 unspecified atom stereocenters. The van der Waals surface area contributed by atoms with Crippen LogP contribution < -0.4 is 5.32 Å². The van der Waals surface area contributed by atoms with Crippen LogP contribution in [0.3, 0.4) is 0 Å². The van der Waals surface area contributed by atoms with E-state index in [-0.39, 0.29) is 11.9 Å². The molecule has 0 radical (unpaired) electrons. The molecule has 2 aromatic rings. The van der Waals surface area contributed by atoms with Crippen molar-refractivity contribution in [2.45, 2.75) is 33.2 Å². The first-order valence-electron chi connectivity index (χ1n) is 6.39. The minimum Gasteiger partial charge on any atom is -0.353 e. The van der Waals surface area contributed by atoms with E-state index in [2.05, 4.69) is 29.4 Å². The maximum absolute atomic E-state index is 13.6. The Morgan fingerprint density at radius 2 is 1.95 bits per heavy atom. The Morgan fingerprint density at radius 1 is 1.21 bits per heavy atom. The molecule has 0 saturated heterocycles. The first kappa shape index (κ1) is 13.9. The Labute approximate surface area is 116 Å². The number of hydrogen-bond donors (Lipinski definition) is 1. The van der Waals surface area contributed by atoms with Gasteiger partial charge in [0.1, 0.15) is 10.8 Å². The first-order chi connectivity index (χ1) is 9.06. The zero-order valence-electron chi connectivity index (χ0n) is 11.4. The van der Waals surface area contributed by atoms with E-state index in [1.807, 2.05) is 13.0 Å². The molecule has 0 spiro atoms. The highest BCUT2D eigenvalue weighted by Gasteiger charge is 2.13. The summed E-state index contributed by atoms with van der Waals surface area (Å²) in [7, 11) is 0. The standard InChI is InChI=1S/C14H18FN3S/c1-9(2)8-13-17-18-14(19-13)16-10(3)11-6-4-5-7-12(11)15/h4-7,9-10H,8H2,1-3H3,(H,16,18). The summed E-state index contributed by atoms with van der Waals surface area (Å²) in [6.45, 7) is 6.22. The van der Waals surface area contributed by atoms with Crippen molar-refractivity contribution in [2.24, 2.45) is 5.92 Å². The fourth-order valence-corrected chi connectivity index (χ4v) is 2.87. The molecule has 0 bridgehead atoms. The lowest BCUT2D eigenvalue weighted by Gasteiger charge is -2.13. The van der Waals surface area contributed by atoms with Crippen LogP contribution in [-0.4, -0.2) is 10.2 Å². The molecular formula is C14H18FN3S. The zero-order valence-corrected chi connectivity index (χ0v) is 12.2. The first-order valence-corrected chi connectivity index (χ1v) is 7.21. The predicted molar refractivity (Wildman–Crippen MR) is 76.9 cm³/mol. The summed E-state index contributed by atoms with van der Waals surface area (Å²) in [5.74, 6) is 0.360. The highest BCUT2D eigenvalue weighted by molar-refractivity contribution is 7.15. The Bertz CT molecular complexity index is 539. The maximum atomic E-state index is 13.6. The van der Waals surface area contributed by atoms with Crippen molar-refractivity contribution in [3.05, 3.63) is 40.7 Å². The van der Waals surface area contributed by atoms with Crippen molar-refractivity contribution in [2.75, 3.05) is 5.32 Å². The summed E-state index contributed by atoms with van der Waals surface area (Å²) in [6.07, 6.45) is 0.924. The lowest BCUT2D eigenvalue weighted by Crippen LogP contribution is -2.08. The van der Waals surface area contributed by atoms with Gasteiger partial charge in [-0.3, -0.25) is 0 Å². The molecule has 0 fully saturated rings. The van der Waals surface area contributed by atoms with Crippen molar-refractivity contribution in [3.63, 3.8) is 0 Å². The molecule has 2 rings (SSSR count). The van der Waals surface area contributed by atoms with E-state index in [4.69, 9.17) is 0 Å². The summed E-state index contributed by atoms with van der Waals surface area (Å²) in [5.41, 5.74) is 0.642. The van der Waals surface area contributed by atoms with Gasteiger partial charge in [-0.2, -0.15) is 0 Å². The molecule has 0 amide bonds. The van der Waals surface area contributed by atoms with Crippen LogP contribution in [0.5, 0.6) is 0 Å². The van der Waals surface area contributed by atoms with Gasteiger partial charge in [0.2, 0.25) is 5.13 Å². The van der Waals surface area contributed by atoms with Gasteiger partial charge in [0.05, 0.1) is 6.04 Å². The third-order valence-electron chi connectivity index (χ3n) is 2.76. The Hall–Kier alpha value is -1.49. The van der Waals surface area contributed by atoms with Gasteiger partial charge < -0.3 is 5.32 Å². The summed E-state index contributed by atoms with van der Waals surface area (Å²) >= 11 is 1.53. The quantitative estimate of drug-likeness (QED) is 0.897. The third kappa shape index (κ3) is 3.73. The fourth-order valence-electron chi connectivity index (χ4n) is 1.83. The molecule has 1 aromatic carbocycles. The van der Waals surface area contributed by atoms with E-state index in [1.165, 1.54) is 17.4 Å². The maximum Gasteiger partial charge on any atom is 0.206 e. The van der Waals surface area contributed by atoms with Crippen LogP contribution in [0.15, 0.2) is 24.3 Å². The SMILES string of the molecule is CC(C)Cc1nnc(NC(C)c2ccccc2F)s1. The number of rotatable bonds is 5. The number of hydrogen-bond acceptors (Lipinski definition) is 4. The number of nitrogens with zero attached hydrogens (tertiary/aromatic N) is 2. The van der Waals surface area contributed by atoms with E-state index in [0.29, 0.717) is 11.5 Å². The number of anilines is 1. The zero-order chi connectivity index (χ0) is 13.8. The van der Waals surface area contributed by atoms with E-state index in [9.17, 15) is 4.39 Å². The molecule has 1 N–H and O–H groups in total. The van der Waals surface area contributed by atoms with Crippen LogP contribution in [0.1, 0.15) is 37.4 Å². The molecule has 3 nitrogen and oxygen atoms in total. The van der Waals surface area contributed by atoms with E-state index in [1.54, 1.807) is 12.1 Å². The Balaban J connectivity index is 2.05. The fraction of sp³-hybridized carbons (Fsp3) is 0.429. The second-order valence-electron chi connectivity index (χ2n) is 4.99. The van der Waals surface area contributed by atoms with Gasteiger partial charge in [0.15, 0.2) is 0 Å². The van der Waals surface area contributed by atoms with E-state index in [0.717, 1.165) is 16.6 Å². The Morgan fingerprint density at radius 3 is 2.63 bits per heavy atom. The number of benzene rings is 1. The van der Waals surface area contributed by atoms with Crippen molar-refractivity contribution < 1.29 is 4.39 Å². The molecular weight excluding hydrogens is 261 g/mol. The number of nitrogens with one attached hydrogen (secondary N) is 1. The minimum absolute atomic E-state index is 0.124. The number of halogens is 1.